The van der Waals surface area contributed by atoms with E-state index in [1.165, 1.54) is 6.07 Å². The van der Waals surface area contributed by atoms with E-state index >= 15 is 0 Å². The molecule has 2 aromatic carbocycles. The molecule has 1 atom stereocenters. The number of para-hydroxylation sites is 1. The van der Waals surface area contributed by atoms with Gasteiger partial charge in [0, 0.05) is 20.2 Å². The van der Waals surface area contributed by atoms with E-state index in [0.717, 1.165) is 10.2 Å². The van der Waals surface area contributed by atoms with Gasteiger partial charge in [-0.1, -0.05) is 34.1 Å². The van der Waals surface area contributed by atoms with Crippen LogP contribution in [0.4, 0.5) is 10.1 Å². The summed E-state index contributed by atoms with van der Waals surface area (Å²) in [4.78, 5) is 0. The number of hydrogen-bond acceptors (Lipinski definition) is 2. The van der Waals surface area contributed by atoms with Crippen LogP contribution in [0.15, 0.2) is 51.4 Å². The number of nitrogens with one attached hydrogen (secondary N) is 1. The van der Waals surface area contributed by atoms with E-state index in [-0.39, 0.29) is 0 Å². The maximum Gasteiger partial charge on any atom is 0.151 e. The SMILES string of the molecule is CC(C#N)(Nc1ccccc1Br)c1ccc(Br)cc1F. The normalized spacial score (nSPS) is 13.3. The Morgan fingerprint density at radius 3 is 2.50 bits per heavy atom. The molecule has 0 radical (unpaired) electrons. The van der Waals surface area contributed by atoms with Gasteiger partial charge < -0.3 is 5.32 Å². The molecule has 2 rings (SSSR count). The molecular formula is C15H11Br2FN2. The summed E-state index contributed by atoms with van der Waals surface area (Å²) in [5, 5.41) is 12.6. The molecule has 0 bridgehead atoms. The number of nitrogens with zero attached hydrogens (tertiary/aromatic N) is 1. The number of benzene rings is 2. The van der Waals surface area contributed by atoms with Crippen molar-refractivity contribution in [3.8, 4) is 6.07 Å². The van der Waals surface area contributed by atoms with Crippen molar-refractivity contribution in [2.75, 3.05) is 5.32 Å². The van der Waals surface area contributed by atoms with Gasteiger partial charge in [-0.25, -0.2) is 4.39 Å². The molecule has 0 aliphatic rings. The Hall–Kier alpha value is -1.38. The van der Waals surface area contributed by atoms with Gasteiger partial charge >= 0.3 is 0 Å². The number of anilines is 1. The monoisotopic (exact) mass is 396 g/mol. The van der Waals surface area contributed by atoms with Gasteiger partial charge in [-0.2, -0.15) is 5.26 Å². The topological polar surface area (TPSA) is 35.8 Å². The van der Waals surface area contributed by atoms with Crippen LogP contribution in [-0.2, 0) is 5.54 Å². The minimum absolute atomic E-state index is 0.305. The maximum absolute atomic E-state index is 14.1. The molecule has 102 valence electrons. The highest BCUT2D eigenvalue weighted by Gasteiger charge is 2.30. The van der Waals surface area contributed by atoms with Crippen LogP contribution >= 0.6 is 31.9 Å². The van der Waals surface area contributed by atoms with E-state index in [9.17, 15) is 9.65 Å². The second-order valence-electron chi connectivity index (χ2n) is 4.47. The Labute approximate surface area is 133 Å². The molecule has 0 amide bonds. The minimum atomic E-state index is -1.16. The Morgan fingerprint density at radius 2 is 1.90 bits per heavy atom. The fourth-order valence-electron chi connectivity index (χ4n) is 1.88. The van der Waals surface area contributed by atoms with E-state index in [0.29, 0.717) is 10.0 Å². The van der Waals surface area contributed by atoms with Crippen molar-refractivity contribution in [3.63, 3.8) is 0 Å². The van der Waals surface area contributed by atoms with Gasteiger partial charge in [0.25, 0.3) is 0 Å². The standard InChI is InChI=1S/C15H11Br2FN2/c1-15(9-19,11-7-6-10(16)8-13(11)18)20-14-5-3-2-4-12(14)17/h2-8,20H,1H3. The van der Waals surface area contributed by atoms with E-state index in [4.69, 9.17) is 0 Å². The molecule has 0 heterocycles. The Balaban J connectivity index is 2.44. The summed E-state index contributed by atoms with van der Waals surface area (Å²) in [6.45, 7) is 1.65. The first-order valence-electron chi connectivity index (χ1n) is 5.86. The van der Waals surface area contributed by atoms with Crippen molar-refractivity contribution < 1.29 is 4.39 Å². The molecule has 1 unspecified atom stereocenters. The number of nitriles is 1. The second-order valence-corrected chi connectivity index (χ2v) is 6.24. The van der Waals surface area contributed by atoms with Crippen LogP contribution in [0.3, 0.4) is 0 Å². The van der Waals surface area contributed by atoms with Crippen LogP contribution in [0.25, 0.3) is 0 Å². The maximum atomic E-state index is 14.1. The fourth-order valence-corrected chi connectivity index (χ4v) is 2.60. The third-order valence-corrected chi connectivity index (χ3v) is 4.14. The lowest BCUT2D eigenvalue weighted by atomic mass is 9.92. The summed E-state index contributed by atoms with van der Waals surface area (Å²) in [5.41, 5.74) is -0.118. The minimum Gasteiger partial charge on any atom is -0.363 e. The molecule has 0 spiro atoms. The highest BCUT2D eigenvalue weighted by Crippen LogP contribution is 2.32. The van der Waals surface area contributed by atoms with Crippen LogP contribution in [0.2, 0.25) is 0 Å². The van der Waals surface area contributed by atoms with Gasteiger partial charge in [0.05, 0.1) is 6.07 Å². The van der Waals surface area contributed by atoms with Crippen molar-refractivity contribution in [1.29, 1.82) is 5.26 Å². The van der Waals surface area contributed by atoms with Crippen LogP contribution in [0.5, 0.6) is 0 Å². The van der Waals surface area contributed by atoms with Gasteiger partial charge in [0.1, 0.15) is 5.82 Å². The Morgan fingerprint density at radius 1 is 1.20 bits per heavy atom. The molecule has 2 nitrogen and oxygen atoms in total. The zero-order valence-corrected chi connectivity index (χ0v) is 13.8. The van der Waals surface area contributed by atoms with Gasteiger partial charge in [0.2, 0.25) is 0 Å². The molecule has 0 saturated heterocycles. The largest absolute Gasteiger partial charge is 0.363 e. The first kappa shape index (κ1) is 15.0. The lowest BCUT2D eigenvalue weighted by molar-refractivity contribution is 0.570. The number of rotatable bonds is 3. The average Bonchev–Trinajstić information content (AvgIpc) is 2.41. The van der Waals surface area contributed by atoms with Crippen molar-refractivity contribution in [1.82, 2.24) is 0 Å². The smallest absolute Gasteiger partial charge is 0.151 e. The van der Waals surface area contributed by atoms with Crippen molar-refractivity contribution in [3.05, 3.63) is 62.8 Å². The highest BCUT2D eigenvalue weighted by molar-refractivity contribution is 9.10. The molecular weight excluding hydrogens is 387 g/mol. The summed E-state index contributed by atoms with van der Waals surface area (Å²) in [7, 11) is 0. The number of hydrogen-bond donors (Lipinski definition) is 1. The first-order valence-corrected chi connectivity index (χ1v) is 7.44. The van der Waals surface area contributed by atoms with Crippen molar-refractivity contribution >= 4 is 37.5 Å². The van der Waals surface area contributed by atoms with Crippen LogP contribution in [0.1, 0.15) is 12.5 Å². The average molecular weight is 398 g/mol. The quantitative estimate of drug-likeness (QED) is 0.772. The van der Waals surface area contributed by atoms with Crippen LogP contribution in [0, 0.1) is 17.1 Å². The molecule has 5 heteroatoms. The molecule has 0 fully saturated rings. The molecule has 0 aromatic heterocycles. The first-order chi connectivity index (χ1) is 9.46. The fraction of sp³-hybridized carbons (Fsp3) is 0.133. The van der Waals surface area contributed by atoms with E-state index in [1.54, 1.807) is 19.1 Å². The predicted molar refractivity (Wildman–Crippen MR) is 84.8 cm³/mol. The second kappa shape index (κ2) is 5.94. The summed E-state index contributed by atoms with van der Waals surface area (Å²) < 4.78 is 15.6. The Kier molecular flexibility index (Phi) is 4.46. The highest BCUT2D eigenvalue weighted by atomic mass is 79.9. The van der Waals surface area contributed by atoms with Crippen molar-refractivity contribution in [2.24, 2.45) is 0 Å². The third kappa shape index (κ3) is 3.02. The summed E-state index contributed by atoms with van der Waals surface area (Å²) in [5.74, 6) is -0.428. The van der Waals surface area contributed by atoms with E-state index < -0.39 is 11.4 Å². The molecule has 2 aromatic rings. The summed E-state index contributed by atoms with van der Waals surface area (Å²) >= 11 is 6.62. The Bertz CT molecular complexity index is 682. The van der Waals surface area contributed by atoms with Crippen LogP contribution < -0.4 is 5.32 Å². The predicted octanol–water partition coefficient (Wildman–Crippen LogP) is 5.20. The van der Waals surface area contributed by atoms with Crippen LogP contribution in [-0.4, -0.2) is 0 Å². The zero-order chi connectivity index (χ0) is 14.8. The van der Waals surface area contributed by atoms with Gasteiger partial charge in [-0.3, -0.25) is 0 Å². The molecule has 0 aliphatic carbocycles. The molecule has 20 heavy (non-hydrogen) atoms. The molecule has 0 saturated carbocycles. The molecule has 1 N–H and O–H groups in total. The van der Waals surface area contributed by atoms with Gasteiger partial charge in [0.15, 0.2) is 5.54 Å². The zero-order valence-electron chi connectivity index (χ0n) is 10.6. The summed E-state index contributed by atoms with van der Waals surface area (Å²) in [6, 6.07) is 14.2. The van der Waals surface area contributed by atoms with Gasteiger partial charge in [-0.05, 0) is 47.1 Å². The van der Waals surface area contributed by atoms with E-state index in [1.807, 2.05) is 24.3 Å². The van der Waals surface area contributed by atoms with Gasteiger partial charge in [-0.15, -0.1) is 0 Å². The lowest BCUT2D eigenvalue weighted by Crippen LogP contribution is -2.31. The lowest BCUT2D eigenvalue weighted by Gasteiger charge is -2.26. The summed E-state index contributed by atoms with van der Waals surface area (Å²) in [6.07, 6.45) is 0. The number of halogens is 3. The van der Waals surface area contributed by atoms with Crippen molar-refractivity contribution in [2.45, 2.75) is 12.5 Å². The third-order valence-electron chi connectivity index (χ3n) is 2.95. The van der Waals surface area contributed by atoms with E-state index in [2.05, 4.69) is 43.2 Å². The molecule has 0 aliphatic heterocycles.